The Labute approximate surface area is 99.9 Å². The number of fused-ring (bicyclic) bond motifs is 1. The molecule has 5 nitrogen and oxygen atoms in total. The van der Waals surface area contributed by atoms with Crippen LogP contribution in [0, 0.1) is 0 Å². The Kier molecular flexibility index (Phi) is 3.82. The summed E-state index contributed by atoms with van der Waals surface area (Å²) in [6.45, 7) is 2.16. The van der Waals surface area contributed by atoms with E-state index in [4.69, 9.17) is 15.2 Å². The Morgan fingerprint density at radius 1 is 1.47 bits per heavy atom. The molecule has 0 unspecified atom stereocenters. The zero-order valence-electron chi connectivity index (χ0n) is 9.57. The zero-order chi connectivity index (χ0) is 12.1. The van der Waals surface area contributed by atoms with Crippen molar-refractivity contribution in [3.05, 3.63) is 23.8 Å². The summed E-state index contributed by atoms with van der Waals surface area (Å²) in [5.41, 5.74) is 5.90. The van der Waals surface area contributed by atoms with Gasteiger partial charge in [0.2, 0.25) is 0 Å². The molecule has 0 atom stereocenters. The van der Waals surface area contributed by atoms with Crippen molar-refractivity contribution in [2.75, 3.05) is 26.3 Å². The summed E-state index contributed by atoms with van der Waals surface area (Å²) in [4.78, 5) is 11.7. The lowest BCUT2D eigenvalue weighted by Gasteiger charge is -2.09. The van der Waals surface area contributed by atoms with Crippen LogP contribution in [0.2, 0.25) is 0 Å². The molecule has 3 N–H and O–H groups in total. The second-order valence-corrected chi connectivity index (χ2v) is 3.75. The Balaban J connectivity index is 2.14. The molecule has 2 rings (SSSR count). The normalized spacial score (nSPS) is 14.3. The fourth-order valence-electron chi connectivity index (χ4n) is 1.60. The number of benzene rings is 1. The average molecular weight is 236 g/mol. The lowest BCUT2D eigenvalue weighted by molar-refractivity contribution is 0.0956. The van der Waals surface area contributed by atoms with E-state index in [0.717, 1.165) is 6.42 Å². The number of carbonyl (C=O) groups excluding carboxylic acids is 1. The van der Waals surface area contributed by atoms with Gasteiger partial charge < -0.3 is 20.5 Å². The molecule has 1 aliphatic rings. The third-order valence-corrected chi connectivity index (χ3v) is 2.46. The average Bonchev–Trinajstić information content (AvgIpc) is 2.52. The Morgan fingerprint density at radius 2 is 2.35 bits per heavy atom. The summed E-state index contributed by atoms with van der Waals surface area (Å²) in [5, 5.41) is 2.76. The molecule has 92 valence electrons. The first-order chi connectivity index (χ1) is 8.31. The molecule has 0 spiro atoms. The molecule has 5 heteroatoms. The highest BCUT2D eigenvalue weighted by Gasteiger charge is 2.16. The van der Waals surface area contributed by atoms with Crippen molar-refractivity contribution in [3.63, 3.8) is 0 Å². The number of nitrogens with one attached hydrogen (secondary N) is 1. The maximum atomic E-state index is 11.7. The van der Waals surface area contributed by atoms with E-state index in [-0.39, 0.29) is 5.91 Å². The van der Waals surface area contributed by atoms with Crippen molar-refractivity contribution >= 4 is 5.91 Å². The van der Waals surface area contributed by atoms with Crippen molar-refractivity contribution in [3.8, 4) is 11.5 Å². The number of amides is 1. The molecule has 0 bridgehead atoms. The SMILES string of the molecule is NCCCOc1ccc2c(c1)C(=O)NCCO2. The Morgan fingerprint density at radius 3 is 3.18 bits per heavy atom. The molecule has 0 aromatic heterocycles. The van der Waals surface area contributed by atoms with Crippen molar-refractivity contribution in [2.24, 2.45) is 5.73 Å². The smallest absolute Gasteiger partial charge is 0.255 e. The summed E-state index contributed by atoms with van der Waals surface area (Å²) in [6, 6.07) is 5.26. The van der Waals surface area contributed by atoms with Crippen LogP contribution in [0.15, 0.2) is 18.2 Å². The van der Waals surface area contributed by atoms with Gasteiger partial charge in [-0.05, 0) is 31.2 Å². The van der Waals surface area contributed by atoms with E-state index in [0.29, 0.717) is 43.4 Å². The minimum Gasteiger partial charge on any atom is -0.494 e. The Hall–Kier alpha value is -1.75. The van der Waals surface area contributed by atoms with Gasteiger partial charge in [-0.25, -0.2) is 0 Å². The molecular weight excluding hydrogens is 220 g/mol. The number of hydrogen-bond acceptors (Lipinski definition) is 4. The van der Waals surface area contributed by atoms with Crippen LogP contribution in [-0.4, -0.2) is 32.2 Å². The van der Waals surface area contributed by atoms with Crippen LogP contribution in [0.5, 0.6) is 11.5 Å². The fourth-order valence-corrected chi connectivity index (χ4v) is 1.60. The van der Waals surface area contributed by atoms with Crippen LogP contribution in [0.4, 0.5) is 0 Å². The third kappa shape index (κ3) is 2.88. The number of rotatable bonds is 4. The van der Waals surface area contributed by atoms with Crippen molar-refractivity contribution in [1.82, 2.24) is 5.32 Å². The standard InChI is InChI=1S/C12H16N2O3/c13-4-1-6-16-9-2-3-11-10(8-9)12(15)14-5-7-17-11/h2-3,8H,1,4-7,13H2,(H,14,15). The number of carbonyl (C=O) groups is 1. The maximum Gasteiger partial charge on any atom is 0.255 e. The van der Waals surface area contributed by atoms with Gasteiger partial charge in [0.05, 0.1) is 18.7 Å². The van der Waals surface area contributed by atoms with Gasteiger partial charge in [0, 0.05) is 0 Å². The maximum absolute atomic E-state index is 11.7. The van der Waals surface area contributed by atoms with E-state index in [9.17, 15) is 4.79 Å². The van der Waals surface area contributed by atoms with E-state index in [2.05, 4.69) is 5.32 Å². The van der Waals surface area contributed by atoms with Crippen LogP contribution in [0.25, 0.3) is 0 Å². The van der Waals surface area contributed by atoms with Gasteiger partial charge in [0.25, 0.3) is 5.91 Å². The molecule has 1 aromatic rings. The van der Waals surface area contributed by atoms with Crippen LogP contribution in [-0.2, 0) is 0 Å². The fraction of sp³-hybridized carbons (Fsp3) is 0.417. The van der Waals surface area contributed by atoms with Crippen LogP contribution in [0.1, 0.15) is 16.8 Å². The van der Waals surface area contributed by atoms with Crippen LogP contribution < -0.4 is 20.5 Å². The molecule has 1 aromatic carbocycles. The van der Waals surface area contributed by atoms with E-state index in [1.165, 1.54) is 0 Å². The number of nitrogens with two attached hydrogens (primary N) is 1. The molecule has 1 aliphatic heterocycles. The highest BCUT2D eigenvalue weighted by atomic mass is 16.5. The Bertz CT molecular complexity index is 407. The van der Waals surface area contributed by atoms with Gasteiger partial charge in [-0.3, -0.25) is 4.79 Å². The van der Waals surface area contributed by atoms with E-state index >= 15 is 0 Å². The predicted octanol–water partition coefficient (Wildman–Crippen LogP) is 0.536. The van der Waals surface area contributed by atoms with Gasteiger partial charge >= 0.3 is 0 Å². The minimum absolute atomic E-state index is 0.123. The monoisotopic (exact) mass is 236 g/mol. The molecule has 17 heavy (non-hydrogen) atoms. The summed E-state index contributed by atoms with van der Waals surface area (Å²) in [5.74, 6) is 1.14. The quantitative estimate of drug-likeness (QED) is 0.748. The predicted molar refractivity (Wildman–Crippen MR) is 63.4 cm³/mol. The highest BCUT2D eigenvalue weighted by Crippen LogP contribution is 2.25. The van der Waals surface area contributed by atoms with Crippen LogP contribution >= 0.6 is 0 Å². The molecule has 1 amide bonds. The summed E-state index contributed by atoms with van der Waals surface area (Å²) in [6.07, 6.45) is 0.791. The second kappa shape index (κ2) is 5.54. The second-order valence-electron chi connectivity index (χ2n) is 3.75. The molecule has 0 saturated heterocycles. The zero-order valence-corrected chi connectivity index (χ0v) is 9.57. The van der Waals surface area contributed by atoms with Crippen molar-refractivity contribution in [2.45, 2.75) is 6.42 Å². The van der Waals surface area contributed by atoms with Crippen LogP contribution in [0.3, 0.4) is 0 Å². The first kappa shape index (κ1) is 11.7. The number of ether oxygens (including phenoxy) is 2. The molecule has 1 heterocycles. The van der Waals surface area contributed by atoms with Gasteiger partial charge in [-0.15, -0.1) is 0 Å². The lowest BCUT2D eigenvalue weighted by Crippen LogP contribution is -2.24. The summed E-state index contributed by atoms with van der Waals surface area (Å²) >= 11 is 0. The molecular formula is C12H16N2O3. The van der Waals surface area contributed by atoms with Gasteiger partial charge in [-0.2, -0.15) is 0 Å². The number of hydrogen-bond donors (Lipinski definition) is 2. The molecule has 0 aliphatic carbocycles. The lowest BCUT2D eigenvalue weighted by atomic mass is 10.2. The molecule has 0 saturated carbocycles. The van der Waals surface area contributed by atoms with E-state index < -0.39 is 0 Å². The van der Waals surface area contributed by atoms with Gasteiger partial charge in [-0.1, -0.05) is 0 Å². The van der Waals surface area contributed by atoms with Crippen molar-refractivity contribution < 1.29 is 14.3 Å². The largest absolute Gasteiger partial charge is 0.494 e. The topological polar surface area (TPSA) is 73.6 Å². The third-order valence-electron chi connectivity index (χ3n) is 2.46. The molecule has 0 fully saturated rings. The molecule has 0 radical (unpaired) electrons. The minimum atomic E-state index is -0.123. The first-order valence-corrected chi connectivity index (χ1v) is 5.69. The van der Waals surface area contributed by atoms with E-state index in [1.54, 1.807) is 18.2 Å². The first-order valence-electron chi connectivity index (χ1n) is 5.69. The summed E-state index contributed by atoms with van der Waals surface area (Å²) in [7, 11) is 0. The van der Waals surface area contributed by atoms with Crippen molar-refractivity contribution in [1.29, 1.82) is 0 Å². The summed E-state index contributed by atoms with van der Waals surface area (Å²) < 4.78 is 10.9. The van der Waals surface area contributed by atoms with E-state index in [1.807, 2.05) is 0 Å². The van der Waals surface area contributed by atoms with Gasteiger partial charge in [0.1, 0.15) is 18.1 Å². The highest BCUT2D eigenvalue weighted by molar-refractivity contribution is 5.97. The van der Waals surface area contributed by atoms with Gasteiger partial charge in [0.15, 0.2) is 0 Å².